The molecule has 0 aromatic heterocycles. The van der Waals surface area contributed by atoms with Crippen LogP contribution in [0.4, 0.5) is 0 Å². The van der Waals surface area contributed by atoms with Gasteiger partial charge >= 0.3 is 0 Å². The Bertz CT molecular complexity index is 1190. The van der Waals surface area contributed by atoms with Gasteiger partial charge in [-0.25, -0.2) is 27.1 Å². The maximum Gasteiger partial charge on any atom is 0.231 e. The van der Waals surface area contributed by atoms with E-state index in [1.54, 1.807) is 13.8 Å². The zero-order chi connectivity index (χ0) is 25.4. The van der Waals surface area contributed by atoms with Gasteiger partial charge < -0.3 is 0 Å². The van der Waals surface area contributed by atoms with Gasteiger partial charge in [0.15, 0.2) is 0 Å². The van der Waals surface area contributed by atoms with Crippen LogP contribution in [0.2, 0.25) is 0 Å². The molecule has 0 atom stereocenters. The molecule has 0 saturated carbocycles. The molecule has 0 aliphatic carbocycles. The molecule has 8 heteroatoms. The van der Waals surface area contributed by atoms with Gasteiger partial charge in [-0.3, -0.25) is 0 Å². The van der Waals surface area contributed by atoms with Gasteiger partial charge in [-0.2, -0.15) is 0 Å². The van der Waals surface area contributed by atoms with Crippen LogP contribution in [0.5, 0.6) is 0 Å². The molecule has 4 N–H and O–H groups in total. The first-order valence-corrected chi connectivity index (χ1v) is 13.9. The van der Waals surface area contributed by atoms with Crippen LogP contribution in [-0.4, -0.2) is 16.8 Å². The Morgan fingerprint density at radius 1 is 0.788 bits per heavy atom. The Morgan fingerprint density at radius 3 is 1.70 bits per heavy atom. The molecule has 0 spiro atoms. The van der Waals surface area contributed by atoms with E-state index in [1.807, 2.05) is 48.5 Å². The van der Waals surface area contributed by atoms with Crippen molar-refractivity contribution in [1.82, 2.24) is 0 Å². The molecule has 0 bridgehead atoms. The van der Waals surface area contributed by atoms with Crippen molar-refractivity contribution < 1.29 is 16.8 Å². The van der Waals surface area contributed by atoms with Crippen LogP contribution in [-0.2, 0) is 26.5 Å². The van der Waals surface area contributed by atoms with Crippen LogP contribution in [0.3, 0.4) is 0 Å². The predicted octanol–water partition coefficient (Wildman–Crippen LogP) is 4.99. The molecule has 0 amide bonds. The van der Waals surface area contributed by atoms with E-state index in [1.165, 1.54) is 11.1 Å². The van der Waals surface area contributed by atoms with E-state index in [4.69, 9.17) is 10.3 Å². The van der Waals surface area contributed by atoms with Gasteiger partial charge in [0.1, 0.15) is 0 Å². The SMILES string of the molecule is CC(=CS(N)(=O)=O)c1ccc(CC(C)C)cc1.CC(=CS(N)(=O)=O)c1cccc(C(C)C)c1. The number of benzene rings is 2. The Hall–Kier alpha value is -2.26. The molecule has 2 rings (SSSR count). The van der Waals surface area contributed by atoms with Crippen LogP contribution >= 0.6 is 0 Å². The van der Waals surface area contributed by atoms with Crippen LogP contribution in [0.15, 0.2) is 59.3 Å². The van der Waals surface area contributed by atoms with Crippen molar-refractivity contribution in [2.45, 2.75) is 53.9 Å². The normalized spacial score (nSPS) is 13.2. The largest absolute Gasteiger partial charge is 0.231 e. The molecule has 33 heavy (non-hydrogen) atoms. The first-order valence-electron chi connectivity index (χ1n) is 10.7. The summed E-state index contributed by atoms with van der Waals surface area (Å²) in [6, 6.07) is 15.7. The third-order valence-corrected chi connectivity index (χ3v) is 6.11. The van der Waals surface area contributed by atoms with Crippen molar-refractivity contribution in [1.29, 1.82) is 0 Å². The molecular weight excluding hydrogens is 456 g/mol. The molecular formula is C25H36N2O4S2. The van der Waals surface area contributed by atoms with E-state index in [2.05, 4.69) is 27.7 Å². The standard InChI is InChI=1S/C13H19NO2S.C12H17NO2S/c1-10(2)8-12-4-6-13(7-5-12)11(3)9-17(14,15)16;1-9(2)11-5-4-6-12(7-11)10(3)8-16(13,14)15/h4-7,9-10H,8H2,1-3H3,(H2,14,15,16);4-9H,1-3H3,(H2,13,14,15). The fourth-order valence-corrected chi connectivity index (χ4v) is 4.40. The lowest BCUT2D eigenvalue weighted by atomic mass is 9.99. The number of nitrogens with two attached hydrogens (primary N) is 2. The minimum absolute atomic E-state index is 0.419. The summed E-state index contributed by atoms with van der Waals surface area (Å²) in [5.74, 6) is 1.03. The third-order valence-electron chi connectivity index (χ3n) is 4.74. The summed E-state index contributed by atoms with van der Waals surface area (Å²) < 4.78 is 43.7. The average molecular weight is 493 g/mol. The van der Waals surface area contributed by atoms with E-state index in [0.29, 0.717) is 23.0 Å². The molecule has 2 aromatic carbocycles. The van der Waals surface area contributed by atoms with Crippen LogP contribution in [0.25, 0.3) is 11.1 Å². The minimum Gasteiger partial charge on any atom is -0.225 e. The fraction of sp³-hybridized carbons (Fsp3) is 0.360. The number of allylic oxidation sites excluding steroid dienone is 2. The smallest absolute Gasteiger partial charge is 0.225 e. The first kappa shape index (κ1) is 28.8. The van der Waals surface area contributed by atoms with Crippen molar-refractivity contribution in [3.63, 3.8) is 0 Å². The van der Waals surface area contributed by atoms with Crippen LogP contribution in [0.1, 0.15) is 69.7 Å². The maximum absolute atomic E-state index is 10.9. The number of primary sulfonamides is 2. The van der Waals surface area contributed by atoms with Crippen molar-refractivity contribution in [3.05, 3.63) is 81.6 Å². The summed E-state index contributed by atoms with van der Waals surface area (Å²) in [5, 5.41) is 12.1. The Kier molecular flexibility index (Phi) is 10.7. The van der Waals surface area contributed by atoms with Gasteiger partial charge in [0, 0.05) is 10.8 Å². The van der Waals surface area contributed by atoms with Crippen LogP contribution < -0.4 is 10.3 Å². The predicted molar refractivity (Wildman–Crippen MR) is 139 cm³/mol. The zero-order valence-electron chi connectivity index (χ0n) is 20.2. The molecule has 0 unspecified atom stereocenters. The van der Waals surface area contributed by atoms with Gasteiger partial charge in [-0.05, 0) is 65.5 Å². The highest BCUT2D eigenvalue weighted by Crippen LogP contribution is 2.21. The number of hydrogen-bond acceptors (Lipinski definition) is 4. The molecule has 0 aliphatic heterocycles. The highest BCUT2D eigenvalue weighted by molar-refractivity contribution is 7.92. The summed E-state index contributed by atoms with van der Waals surface area (Å²) in [6.45, 7) is 12.0. The highest BCUT2D eigenvalue weighted by Gasteiger charge is 2.05. The van der Waals surface area contributed by atoms with Crippen molar-refractivity contribution in [3.8, 4) is 0 Å². The highest BCUT2D eigenvalue weighted by atomic mass is 32.2. The lowest BCUT2D eigenvalue weighted by Gasteiger charge is -2.08. The number of sulfonamides is 2. The summed E-state index contributed by atoms with van der Waals surface area (Å²) in [7, 11) is -7.13. The van der Waals surface area contributed by atoms with Crippen molar-refractivity contribution >= 4 is 31.2 Å². The van der Waals surface area contributed by atoms with Crippen molar-refractivity contribution in [2.75, 3.05) is 0 Å². The lowest BCUT2D eigenvalue weighted by Crippen LogP contribution is -2.07. The van der Waals surface area contributed by atoms with Gasteiger partial charge in [-0.15, -0.1) is 0 Å². The van der Waals surface area contributed by atoms with Gasteiger partial charge in [0.2, 0.25) is 20.0 Å². The second-order valence-corrected chi connectivity index (χ2v) is 11.7. The van der Waals surface area contributed by atoms with E-state index in [9.17, 15) is 16.8 Å². The molecule has 0 saturated heterocycles. The Labute approximate surface area is 199 Å². The van der Waals surface area contributed by atoms with Crippen LogP contribution in [0, 0.1) is 5.92 Å². The third kappa shape index (κ3) is 12.0. The second-order valence-electron chi connectivity index (χ2n) is 8.85. The quantitative estimate of drug-likeness (QED) is 0.565. The van der Waals surface area contributed by atoms with E-state index in [-0.39, 0.29) is 0 Å². The minimum atomic E-state index is -3.57. The maximum atomic E-state index is 10.9. The molecule has 0 aliphatic rings. The molecule has 6 nitrogen and oxygen atoms in total. The first-order chi connectivity index (χ1) is 15.1. The summed E-state index contributed by atoms with van der Waals surface area (Å²) >= 11 is 0. The number of hydrogen-bond donors (Lipinski definition) is 2. The molecule has 0 radical (unpaired) electrons. The molecule has 0 fully saturated rings. The summed E-state index contributed by atoms with van der Waals surface area (Å²) in [5.41, 5.74) is 5.52. The van der Waals surface area contributed by atoms with Gasteiger partial charge in [0.05, 0.1) is 0 Å². The average Bonchev–Trinajstić information content (AvgIpc) is 2.66. The van der Waals surface area contributed by atoms with Crippen molar-refractivity contribution in [2.24, 2.45) is 16.2 Å². The zero-order valence-corrected chi connectivity index (χ0v) is 21.9. The fourth-order valence-electron chi connectivity index (χ4n) is 3.15. The Balaban J connectivity index is 0.000000331. The van der Waals surface area contributed by atoms with E-state index in [0.717, 1.165) is 28.4 Å². The van der Waals surface area contributed by atoms with Gasteiger partial charge in [-0.1, -0.05) is 76.2 Å². The molecule has 182 valence electrons. The summed E-state index contributed by atoms with van der Waals surface area (Å²) in [6.07, 6.45) is 1.03. The topological polar surface area (TPSA) is 120 Å². The van der Waals surface area contributed by atoms with E-state index < -0.39 is 20.0 Å². The summed E-state index contributed by atoms with van der Waals surface area (Å²) in [4.78, 5) is 0. The lowest BCUT2D eigenvalue weighted by molar-refractivity contribution is 0.604. The van der Waals surface area contributed by atoms with E-state index >= 15 is 0 Å². The Morgan fingerprint density at radius 2 is 1.27 bits per heavy atom. The second kappa shape index (κ2) is 12.3. The van der Waals surface area contributed by atoms with Gasteiger partial charge in [0.25, 0.3) is 0 Å². The molecule has 0 heterocycles. The molecule has 2 aromatic rings. The monoisotopic (exact) mass is 492 g/mol. The number of rotatable bonds is 7.